The van der Waals surface area contributed by atoms with Crippen molar-refractivity contribution in [1.82, 2.24) is 4.90 Å². The Morgan fingerprint density at radius 1 is 1.29 bits per heavy atom. The molecule has 0 atom stereocenters. The molecule has 1 aromatic carbocycles. The summed E-state index contributed by atoms with van der Waals surface area (Å²) in [4.78, 5) is 13.7. The first-order chi connectivity index (χ1) is 11.3. The van der Waals surface area contributed by atoms with Crippen molar-refractivity contribution >= 4 is 27.7 Å². The topological polar surface area (TPSA) is 41.6 Å². The van der Waals surface area contributed by atoms with Crippen molar-refractivity contribution < 1.29 is 9.53 Å². The lowest BCUT2D eigenvalue weighted by molar-refractivity contribution is 0.0266. The fourth-order valence-corrected chi connectivity index (χ4v) is 2.60. The lowest BCUT2D eigenvalue weighted by Gasteiger charge is -2.29. The minimum atomic E-state index is -0.442. The Hall–Kier alpha value is -1.49. The predicted molar refractivity (Wildman–Crippen MR) is 104 cm³/mol. The van der Waals surface area contributed by atoms with E-state index in [0.29, 0.717) is 13.1 Å². The molecule has 2 rings (SSSR count). The molecule has 0 aliphatic carbocycles. The summed E-state index contributed by atoms with van der Waals surface area (Å²) in [5.74, 6) is 0. The van der Waals surface area contributed by atoms with Gasteiger partial charge in [-0.25, -0.2) is 4.79 Å². The van der Waals surface area contributed by atoms with Crippen LogP contribution < -0.4 is 5.32 Å². The highest BCUT2D eigenvalue weighted by atomic mass is 79.9. The van der Waals surface area contributed by atoms with Crippen LogP contribution in [0.1, 0.15) is 41.0 Å². The van der Waals surface area contributed by atoms with Gasteiger partial charge in [-0.15, -0.1) is 0 Å². The van der Waals surface area contributed by atoms with E-state index in [1.165, 1.54) is 5.57 Å². The molecule has 1 N–H and O–H groups in total. The second-order valence-corrected chi connectivity index (χ2v) is 7.23. The number of ether oxygens (including phenoxy) is 1. The number of para-hydroxylation sites is 1. The molecule has 4 nitrogen and oxygen atoms in total. The van der Waals surface area contributed by atoms with Crippen molar-refractivity contribution in [3.05, 3.63) is 40.4 Å². The van der Waals surface area contributed by atoms with Crippen LogP contribution in [0.15, 0.2) is 40.4 Å². The maximum Gasteiger partial charge on any atom is 0.410 e. The molecule has 0 aromatic heterocycles. The van der Waals surface area contributed by atoms with Gasteiger partial charge in [0.1, 0.15) is 5.60 Å². The molecule has 1 aromatic rings. The highest BCUT2D eigenvalue weighted by Gasteiger charge is 2.23. The summed E-state index contributed by atoms with van der Waals surface area (Å²) in [6, 6.07) is 8.06. The maximum atomic E-state index is 12.0. The van der Waals surface area contributed by atoms with Crippen molar-refractivity contribution in [2.24, 2.45) is 0 Å². The molecular weight excluding hydrogens is 368 g/mol. The van der Waals surface area contributed by atoms with Crippen LogP contribution in [0.4, 0.5) is 10.5 Å². The van der Waals surface area contributed by atoms with Gasteiger partial charge in [-0.05, 0) is 55.3 Å². The minimum absolute atomic E-state index is 0.235. The van der Waals surface area contributed by atoms with Gasteiger partial charge in [0, 0.05) is 29.8 Å². The standard InChI is InChI=1S/C17H23BrN2O2.C2H6/c1-17(2,3)22-16(21)20-10-8-13(9-11-20)12-19-15-7-5-4-6-14(15)18;1-2/h4-8,19H,9-12H2,1-3H3;1-2H3. The summed E-state index contributed by atoms with van der Waals surface area (Å²) in [7, 11) is 0. The average molecular weight is 397 g/mol. The van der Waals surface area contributed by atoms with Gasteiger partial charge in [0.25, 0.3) is 0 Å². The monoisotopic (exact) mass is 396 g/mol. The van der Waals surface area contributed by atoms with E-state index in [1.54, 1.807) is 4.90 Å². The molecule has 0 fully saturated rings. The van der Waals surface area contributed by atoms with E-state index < -0.39 is 5.60 Å². The minimum Gasteiger partial charge on any atom is -0.444 e. The van der Waals surface area contributed by atoms with E-state index in [-0.39, 0.29) is 6.09 Å². The average Bonchev–Trinajstić information content (AvgIpc) is 2.55. The van der Waals surface area contributed by atoms with Gasteiger partial charge in [0.2, 0.25) is 0 Å². The van der Waals surface area contributed by atoms with Crippen LogP contribution in [0, 0.1) is 0 Å². The van der Waals surface area contributed by atoms with Crippen LogP contribution in [-0.4, -0.2) is 36.2 Å². The third kappa shape index (κ3) is 6.95. The number of carbonyl (C=O) groups is 1. The fraction of sp³-hybridized carbons (Fsp3) is 0.526. The first-order valence-corrected chi connectivity index (χ1v) is 9.29. The van der Waals surface area contributed by atoms with Crippen molar-refractivity contribution in [2.45, 2.75) is 46.6 Å². The number of hydrogen-bond donors (Lipinski definition) is 1. The Morgan fingerprint density at radius 2 is 1.96 bits per heavy atom. The van der Waals surface area contributed by atoms with Crippen molar-refractivity contribution in [1.29, 1.82) is 0 Å². The molecule has 24 heavy (non-hydrogen) atoms. The fourth-order valence-electron chi connectivity index (χ4n) is 2.18. The van der Waals surface area contributed by atoms with Gasteiger partial charge in [-0.3, -0.25) is 0 Å². The molecule has 0 saturated heterocycles. The summed E-state index contributed by atoms with van der Waals surface area (Å²) >= 11 is 3.53. The molecular formula is C19H29BrN2O2. The van der Waals surface area contributed by atoms with Crippen molar-refractivity contribution in [3.8, 4) is 0 Å². The first kappa shape index (κ1) is 20.6. The smallest absolute Gasteiger partial charge is 0.410 e. The zero-order valence-corrected chi connectivity index (χ0v) is 16.9. The number of amides is 1. The Labute approximate surface area is 154 Å². The van der Waals surface area contributed by atoms with E-state index in [9.17, 15) is 4.79 Å². The molecule has 5 heteroatoms. The van der Waals surface area contributed by atoms with E-state index in [1.807, 2.05) is 58.9 Å². The third-order valence-corrected chi connectivity index (χ3v) is 4.03. The van der Waals surface area contributed by atoms with E-state index in [2.05, 4.69) is 27.3 Å². The zero-order chi connectivity index (χ0) is 18.2. The van der Waals surface area contributed by atoms with Crippen molar-refractivity contribution in [3.63, 3.8) is 0 Å². The van der Waals surface area contributed by atoms with Gasteiger partial charge in [-0.2, -0.15) is 0 Å². The van der Waals surface area contributed by atoms with Gasteiger partial charge < -0.3 is 15.0 Å². The normalized spacial score (nSPS) is 14.2. The Morgan fingerprint density at radius 3 is 2.50 bits per heavy atom. The van der Waals surface area contributed by atoms with Crippen LogP contribution in [0.25, 0.3) is 0 Å². The molecule has 0 unspecified atom stereocenters. The summed E-state index contributed by atoms with van der Waals surface area (Å²) < 4.78 is 6.45. The van der Waals surface area contributed by atoms with Gasteiger partial charge >= 0.3 is 6.09 Å². The zero-order valence-electron chi connectivity index (χ0n) is 15.4. The number of nitrogens with zero attached hydrogens (tertiary/aromatic N) is 1. The number of benzene rings is 1. The lowest BCUT2D eigenvalue weighted by atomic mass is 10.1. The first-order valence-electron chi connectivity index (χ1n) is 8.49. The quantitative estimate of drug-likeness (QED) is 0.690. The lowest BCUT2D eigenvalue weighted by Crippen LogP contribution is -2.39. The molecule has 0 spiro atoms. The number of carbonyl (C=O) groups excluding carboxylic acids is 1. The van der Waals surface area contributed by atoms with Crippen LogP contribution in [-0.2, 0) is 4.74 Å². The van der Waals surface area contributed by atoms with E-state index in [4.69, 9.17) is 4.74 Å². The van der Waals surface area contributed by atoms with Gasteiger partial charge in [0.15, 0.2) is 0 Å². The van der Waals surface area contributed by atoms with Crippen LogP contribution >= 0.6 is 15.9 Å². The van der Waals surface area contributed by atoms with Gasteiger partial charge in [0.05, 0.1) is 0 Å². The number of hydrogen-bond acceptors (Lipinski definition) is 3. The second-order valence-electron chi connectivity index (χ2n) is 6.37. The molecule has 1 aliphatic heterocycles. The largest absolute Gasteiger partial charge is 0.444 e. The Bertz CT molecular complexity index is 565. The highest BCUT2D eigenvalue weighted by Crippen LogP contribution is 2.22. The Kier molecular flexibility index (Phi) is 8.32. The molecule has 1 heterocycles. The predicted octanol–water partition coefficient (Wildman–Crippen LogP) is 5.45. The summed E-state index contributed by atoms with van der Waals surface area (Å²) in [6.07, 6.45) is 2.75. The van der Waals surface area contributed by atoms with E-state index >= 15 is 0 Å². The SMILES string of the molecule is CC.CC(C)(C)OC(=O)N1CC=C(CNc2ccccc2Br)CC1. The number of anilines is 1. The molecule has 1 amide bonds. The van der Waals surface area contributed by atoms with Gasteiger partial charge in [-0.1, -0.05) is 37.6 Å². The molecule has 1 aliphatic rings. The molecule has 0 saturated carbocycles. The summed E-state index contributed by atoms with van der Waals surface area (Å²) in [5.41, 5.74) is 1.95. The highest BCUT2D eigenvalue weighted by molar-refractivity contribution is 9.10. The molecule has 0 bridgehead atoms. The Balaban J connectivity index is 0.00000139. The maximum absolute atomic E-state index is 12.0. The van der Waals surface area contributed by atoms with E-state index in [0.717, 1.165) is 23.1 Å². The second kappa shape index (κ2) is 9.72. The number of rotatable bonds is 3. The number of halogens is 1. The molecule has 134 valence electrons. The van der Waals surface area contributed by atoms with Crippen LogP contribution in [0.3, 0.4) is 0 Å². The van der Waals surface area contributed by atoms with Crippen LogP contribution in [0.5, 0.6) is 0 Å². The summed E-state index contributed by atoms with van der Waals surface area (Å²) in [5, 5.41) is 3.42. The molecule has 0 radical (unpaired) electrons. The number of nitrogens with one attached hydrogen (secondary N) is 1. The van der Waals surface area contributed by atoms with Crippen molar-refractivity contribution in [2.75, 3.05) is 25.0 Å². The third-order valence-electron chi connectivity index (χ3n) is 3.33. The van der Waals surface area contributed by atoms with Crippen LogP contribution in [0.2, 0.25) is 0 Å². The summed E-state index contributed by atoms with van der Waals surface area (Å²) in [6.45, 7) is 11.8.